The molecular weight excluding hydrogens is 236 g/mol. The lowest BCUT2D eigenvalue weighted by atomic mass is 9.83. The monoisotopic (exact) mass is 264 g/mol. The van der Waals surface area contributed by atoms with Crippen molar-refractivity contribution in [3.05, 3.63) is 0 Å². The van der Waals surface area contributed by atoms with E-state index in [1.165, 1.54) is 58.3 Å². The van der Waals surface area contributed by atoms with Gasteiger partial charge < -0.3 is 4.90 Å². The minimum Gasteiger partial charge on any atom is -0.303 e. The number of likely N-dealkylation sites (tertiary alicyclic amines) is 1. The fourth-order valence-electron chi connectivity index (χ4n) is 4.39. The summed E-state index contributed by atoms with van der Waals surface area (Å²) in [6, 6.07) is 1.14. The number of rotatable bonds is 4. The van der Waals surface area contributed by atoms with Crippen LogP contribution in [-0.4, -0.2) is 53.8 Å². The molecule has 108 valence electrons. The molecule has 0 aromatic rings. The Morgan fingerprint density at radius 3 is 2.32 bits per heavy atom. The lowest BCUT2D eigenvalue weighted by molar-refractivity contribution is -0.127. The highest BCUT2D eigenvalue weighted by Gasteiger charge is 2.37. The minimum atomic E-state index is 0.512. The van der Waals surface area contributed by atoms with Crippen LogP contribution < -0.4 is 0 Å². The van der Waals surface area contributed by atoms with Crippen LogP contribution in [-0.2, 0) is 4.79 Å². The quantitative estimate of drug-likeness (QED) is 0.778. The van der Waals surface area contributed by atoms with Gasteiger partial charge in [0.25, 0.3) is 0 Å². The van der Waals surface area contributed by atoms with Crippen LogP contribution in [0, 0.1) is 5.92 Å². The Balaban J connectivity index is 1.54. The summed E-state index contributed by atoms with van der Waals surface area (Å²) >= 11 is 0. The Kier molecular flexibility index (Phi) is 4.23. The molecule has 0 aromatic heterocycles. The third-order valence-corrected chi connectivity index (χ3v) is 5.23. The standard InChI is InChI=1S/C16H28N2O/c1-13(11-17-7-2-3-8-17)12-18-14-5-4-6-15(18)10-16(19)9-14/h13-15H,2-12H2,1H3. The van der Waals surface area contributed by atoms with Gasteiger partial charge in [-0.15, -0.1) is 0 Å². The fraction of sp³-hybridized carbons (Fsp3) is 0.938. The summed E-state index contributed by atoms with van der Waals surface area (Å²) in [5, 5.41) is 0. The van der Waals surface area contributed by atoms with Crippen molar-refractivity contribution < 1.29 is 4.79 Å². The van der Waals surface area contributed by atoms with Gasteiger partial charge in [-0.2, -0.15) is 0 Å². The topological polar surface area (TPSA) is 23.6 Å². The Morgan fingerprint density at radius 1 is 1.05 bits per heavy atom. The summed E-state index contributed by atoms with van der Waals surface area (Å²) in [7, 11) is 0. The van der Waals surface area contributed by atoms with E-state index < -0.39 is 0 Å². The highest BCUT2D eigenvalue weighted by Crippen LogP contribution is 2.32. The Bertz CT molecular complexity index is 309. The highest BCUT2D eigenvalue weighted by atomic mass is 16.1. The molecule has 0 spiro atoms. The van der Waals surface area contributed by atoms with Crippen LogP contribution in [0.25, 0.3) is 0 Å². The number of ketones is 1. The van der Waals surface area contributed by atoms with E-state index in [1.54, 1.807) is 0 Å². The Hall–Kier alpha value is -0.410. The number of carbonyl (C=O) groups excluding carboxylic acids is 1. The second-order valence-electron chi connectivity index (χ2n) is 7.00. The van der Waals surface area contributed by atoms with Crippen molar-refractivity contribution in [3.63, 3.8) is 0 Å². The molecule has 3 aliphatic rings. The molecule has 3 rings (SSSR count). The average molecular weight is 264 g/mol. The van der Waals surface area contributed by atoms with Gasteiger partial charge >= 0.3 is 0 Å². The second kappa shape index (κ2) is 5.92. The number of hydrogen-bond donors (Lipinski definition) is 0. The van der Waals surface area contributed by atoms with E-state index >= 15 is 0 Å². The first kappa shape index (κ1) is 13.6. The van der Waals surface area contributed by atoms with Crippen LogP contribution in [0.3, 0.4) is 0 Å². The fourth-order valence-corrected chi connectivity index (χ4v) is 4.39. The van der Waals surface area contributed by atoms with Crippen molar-refractivity contribution in [2.75, 3.05) is 26.2 Å². The third-order valence-electron chi connectivity index (χ3n) is 5.23. The Morgan fingerprint density at radius 2 is 1.68 bits per heavy atom. The van der Waals surface area contributed by atoms with Crippen LogP contribution in [0.5, 0.6) is 0 Å². The van der Waals surface area contributed by atoms with E-state index in [9.17, 15) is 4.79 Å². The van der Waals surface area contributed by atoms with Gasteiger partial charge in [0.15, 0.2) is 0 Å². The molecule has 0 aliphatic carbocycles. The SMILES string of the molecule is CC(CN1CCCC1)CN1C2CCCC1CC(=O)C2. The first-order chi connectivity index (χ1) is 9.22. The molecule has 0 saturated carbocycles. The van der Waals surface area contributed by atoms with E-state index in [1.807, 2.05) is 0 Å². The maximum absolute atomic E-state index is 11.8. The normalized spacial score (nSPS) is 34.7. The molecule has 3 heterocycles. The molecule has 3 unspecified atom stereocenters. The van der Waals surface area contributed by atoms with Crippen molar-refractivity contribution >= 4 is 5.78 Å². The molecule has 3 atom stereocenters. The number of Topliss-reactive ketones (excluding diaryl/α,β-unsaturated/α-hetero) is 1. The van der Waals surface area contributed by atoms with Gasteiger partial charge in [0, 0.05) is 38.0 Å². The zero-order valence-electron chi connectivity index (χ0n) is 12.3. The lowest BCUT2D eigenvalue weighted by Gasteiger charge is -2.46. The van der Waals surface area contributed by atoms with Gasteiger partial charge in [-0.25, -0.2) is 0 Å². The second-order valence-corrected chi connectivity index (χ2v) is 7.00. The summed E-state index contributed by atoms with van der Waals surface area (Å²) in [4.78, 5) is 17.1. The predicted molar refractivity (Wildman–Crippen MR) is 77.2 cm³/mol. The highest BCUT2D eigenvalue weighted by molar-refractivity contribution is 5.80. The van der Waals surface area contributed by atoms with Gasteiger partial charge in [0.05, 0.1) is 0 Å². The van der Waals surface area contributed by atoms with Crippen LogP contribution in [0.15, 0.2) is 0 Å². The first-order valence-corrected chi connectivity index (χ1v) is 8.22. The average Bonchev–Trinajstić information content (AvgIpc) is 2.83. The van der Waals surface area contributed by atoms with Crippen LogP contribution in [0.1, 0.15) is 51.9 Å². The zero-order chi connectivity index (χ0) is 13.2. The van der Waals surface area contributed by atoms with Gasteiger partial charge in [-0.3, -0.25) is 9.69 Å². The molecule has 3 fully saturated rings. The molecule has 0 aromatic carbocycles. The molecular formula is C16H28N2O. The molecule has 3 saturated heterocycles. The van der Waals surface area contributed by atoms with Crippen molar-refractivity contribution in [2.24, 2.45) is 5.92 Å². The zero-order valence-corrected chi connectivity index (χ0v) is 12.3. The maximum Gasteiger partial charge on any atom is 0.136 e. The van der Waals surface area contributed by atoms with Gasteiger partial charge in [-0.1, -0.05) is 13.3 Å². The van der Waals surface area contributed by atoms with Gasteiger partial charge in [-0.05, 0) is 44.7 Å². The smallest absolute Gasteiger partial charge is 0.136 e. The first-order valence-electron chi connectivity index (χ1n) is 8.22. The van der Waals surface area contributed by atoms with Crippen LogP contribution in [0.4, 0.5) is 0 Å². The van der Waals surface area contributed by atoms with E-state index in [4.69, 9.17) is 0 Å². The summed E-state index contributed by atoms with van der Waals surface area (Å²) < 4.78 is 0. The number of piperidine rings is 2. The molecule has 3 aliphatic heterocycles. The van der Waals surface area contributed by atoms with Crippen LogP contribution in [0.2, 0.25) is 0 Å². The predicted octanol–water partition coefficient (Wildman–Crippen LogP) is 2.30. The molecule has 0 N–H and O–H groups in total. The summed E-state index contributed by atoms with van der Waals surface area (Å²) in [5.41, 5.74) is 0. The number of hydrogen-bond acceptors (Lipinski definition) is 3. The van der Waals surface area contributed by atoms with E-state index in [2.05, 4.69) is 16.7 Å². The lowest BCUT2D eigenvalue weighted by Crippen LogP contribution is -2.54. The largest absolute Gasteiger partial charge is 0.303 e. The van der Waals surface area contributed by atoms with Crippen molar-refractivity contribution in [1.82, 2.24) is 9.80 Å². The number of nitrogens with zero attached hydrogens (tertiary/aromatic N) is 2. The molecule has 19 heavy (non-hydrogen) atoms. The molecule has 3 nitrogen and oxygen atoms in total. The summed E-state index contributed by atoms with van der Waals surface area (Å²) in [6.07, 6.45) is 8.25. The van der Waals surface area contributed by atoms with Gasteiger partial charge in [0.2, 0.25) is 0 Å². The van der Waals surface area contributed by atoms with E-state index in [0.717, 1.165) is 18.8 Å². The van der Waals surface area contributed by atoms with Crippen molar-refractivity contribution in [2.45, 2.75) is 64.0 Å². The minimum absolute atomic E-state index is 0.512. The number of carbonyl (C=O) groups is 1. The maximum atomic E-state index is 11.8. The summed E-state index contributed by atoms with van der Waals surface area (Å²) in [6.45, 7) is 7.46. The number of fused-ring (bicyclic) bond motifs is 2. The van der Waals surface area contributed by atoms with E-state index in [0.29, 0.717) is 17.9 Å². The Labute approximate surface area is 117 Å². The van der Waals surface area contributed by atoms with Crippen molar-refractivity contribution in [1.29, 1.82) is 0 Å². The molecule has 0 amide bonds. The molecule has 2 bridgehead atoms. The molecule has 0 radical (unpaired) electrons. The van der Waals surface area contributed by atoms with Gasteiger partial charge in [0.1, 0.15) is 5.78 Å². The molecule has 3 heteroatoms. The summed E-state index contributed by atoms with van der Waals surface area (Å²) in [5.74, 6) is 1.26. The third kappa shape index (κ3) is 3.19. The van der Waals surface area contributed by atoms with Crippen LogP contribution >= 0.6 is 0 Å². The van der Waals surface area contributed by atoms with E-state index in [-0.39, 0.29) is 0 Å². The van der Waals surface area contributed by atoms with Crippen molar-refractivity contribution in [3.8, 4) is 0 Å².